The van der Waals surface area contributed by atoms with Gasteiger partial charge in [0.05, 0.1) is 16.7 Å². The molecule has 0 spiro atoms. The Labute approximate surface area is 76.9 Å². The van der Waals surface area contributed by atoms with Crippen LogP contribution < -0.4 is 5.32 Å². The summed E-state index contributed by atoms with van der Waals surface area (Å²) in [5.41, 5.74) is 0. The van der Waals surface area contributed by atoms with E-state index in [4.69, 9.17) is 5.11 Å². The minimum absolute atomic E-state index is 0.0340. The molecule has 1 aliphatic heterocycles. The lowest BCUT2D eigenvalue weighted by Gasteiger charge is -2.35. The Bertz CT molecular complexity index is 182. The quantitative estimate of drug-likeness (QED) is 0.659. The lowest BCUT2D eigenvalue weighted by molar-refractivity contribution is -0.119. The van der Waals surface area contributed by atoms with Crippen molar-refractivity contribution in [2.75, 3.05) is 12.4 Å². The van der Waals surface area contributed by atoms with Crippen LogP contribution in [-0.4, -0.2) is 34.2 Å². The molecule has 1 fully saturated rings. The van der Waals surface area contributed by atoms with Gasteiger partial charge in [0.15, 0.2) is 5.78 Å². The molecule has 1 saturated heterocycles. The van der Waals surface area contributed by atoms with E-state index in [1.807, 2.05) is 0 Å². The second-order valence-corrected chi connectivity index (χ2v) is 5.07. The minimum Gasteiger partial charge on any atom is -0.396 e. The molecule has 2 N–H and O–H groups in total. The van der Waals surface area contributed by atoms with Gasteiger partial charge in [-0.05, 0) is 20.3 Å². The van der Waals surface area contributed by atoms with Gasteiger partial charge in [-0.25, -0.2) is 0 Å². The van der Waals surface area contributed by atoms with Gasteiger partial charge in [-0.2, -0.15) is 0 Å². The maximum atomic E-state index is 11.3. The number of thioether (sulfide) groups is 1. The van der Waals surface area contributed by atoms with Crippen molar-refractivity contribution in [3.05, 3.63) is 0 Å². The highest BCUT2D eigenvalue weighted by Crippen LogP contribution is 2.27. The molecule has 0 aromatic rings. The first-order chi connectivity index (χ1) is 5.55. The van der Waals surface area contributed by atoms with Gasteiger partial charge >= 0.3 is 0 Å². The van der Waals surface area contributed by atoms with Crippen LogP contribution in [0.5, 0.6) is 0 Å². The molecule has 1 heterocycles. The Kier molecular flexibility index (Phi) is 3.15. The highest BCUT2D eigenvalue weighted by Gasteiger charge is 2.32. The third-order valence-corrected chi connectivity index (χ3v) is 3.17. The van der Waals surface area contributed by atoms with E-state index in [0.717, 1.165) is 0 Å². The fourth-order valence-corrected chi connectivity index (χ4v) is 2.19. The number of carbonyl (C=O) groups excluding carboxylic acids is 1. The van der Waals surface area contributed by atoms with Gasteiger partial charge in [-0.15, -0.1) is 11.8 Å². The molecule has 0 aromatic carbocycles. The van der Waals surface area contributed by atoms with E-state index in [1.165, 1.54) is 0 Å². The van der Waals surface area contributed by atoms with Crippen LogP contribution in [-0.2, 0) is 4.79 Å². The first kappa shape index (κ1) is 10.0. The van der Waals surface area contributed by atoms with Crippen LogP contribution in [0, 0.1) is 0 Å². The molecule has 0 bridgehead atoms. The second-order valence-electron chi connectivity index (χ2n) is 3.47. The van der Waals surface area contributed by atoms with Crippen LogP contribution in [0.15, 0.2) is 0 Å². The number of aliphatic hydroxyl groups is 1. The molecule has 0 unspecified atom stereocenters. The molecule has 0 radical (unpaired) electrons. The van der Waals surface area contributed by atoms with Gasteiger partial charge in [0.2, 0.25) is 0 Å². The average molecular weight is 189 g/mol. The standard InChI is InChI=1S/C8H15NO2S/c1-8(2)9-6(3-4-10)7(11)5-12-8/h6,9-10H,3-5H2,1-2H3/t6-/m0/s1. The number of hydrogen-bond donors (Lipinski definition) is 2. The number of hydrogen-bond acceptors (Lipinski definition) is 4. The number of aliphatic hydroxyl groups excluding tert-OH is 1. The predicted octanol–water partition coefficient (Wildman–Crippen LogP) is 0.379. The van der Waals surface area contributed by atoms with Gasteiger partial charge in [0.25, 0.3) is 0 Å². The number of rotatable bonds is 2. The number of Topliss-reactive ketones (excluding diaryl/α,β-unsaturated/α-hetero) is 1. The zero-order valence-corrected chi connectivity index (χ0v) is 8.28. The van der Waals surface area contributed by atoms with Crippen molar-refractivity contribution < 1.29 is 9.90 Å². The van der Waals surface area contributed by atoms with Crippen molar-refractivity contribution in [2.45, 2.75) is 31.2 Å². The van der Waals surface area contributed by atoms with Gasteiger partial charge in [0, 0.05) is 6.61 Å². The molecule has 0 saturated carbocycles. The average Bonchev–Trinajstić information content (AvgIpc) is 1.97. The Hall–Kier alpha value is -0.0600. The molecular formula is C8H15NO2S. The molecule has 4 heteroatoms. The summed E-state index contributed by atoms with van der Waals surface area (Å²) in [5, 5.41) is 11.9. The molecule has 0 aliphatic carbocycles. The normalized spacial score (nSPS) is 28.9. The van der Waals surface area contributed by atoms with E-state index in [2.05, 4.69) is 19.2 Å². The molecule has 3 nitrogen and oxygen atoms in total. The predicted molar refractivity (Wildman–Crippen MR) is 50.2 cm³/mol. The second kappa shape index (κ2) is 3.77. The molecule has 1 atom stereocenters. The van der Waals surface area contributed by atoms with Crippen LogP contribution in [0.4, 0.5) is 0 Å². The van der Waals surface area contributed by atoms with Crippen LogP contribution in [0.25, 0.3) is 0 Å². The summed E-state index contributed by atoms with van der Waals surface area (Å²) < 4.78 is 0. The molecule has 70 valence electrons. The van der Waals surface area contributed by atoms with E-state index in [0.29, 0.717) is 12.2 Å². The van der Waals surface area contributed by atoms with Gasteiger partial charge in [-0.1, -0.05) is 0 Å². The summed E-state index contributed by atoms with van der Waals surface area (Å²) in [7, 11) is 0. The van der Waals surface area contributed by atoms with Gasteiger partial charge < -0.3 is 5.11 Å². The van der Waals surface area contributed by atoms with Crippen molar-refractivity contribution in [1.29, 1.82) is 0 Å². The largest absolute Gasteiger partial charge is 0.396 e. The smallest absolute Gasteiger partial charge is 0.159 e. The third-order valence-electron chi connectivity index (χ3n) is 1.90. The molecule has 1 rings (SSSR count). The van der Waals surface area contributed by atoms with E-state index in [9.17, 15) is 4.79 Å². The van der Waals surface area contributed by atoms with Crippen LogP contribution in [0.2, 0.25) is 0 Å². The lowest BCUT2D eigenvalue weighted by Crippen LogP contribution is -2.53. The van der Waals surface area contributed by atoms with Crippen LogP contribution >= 0.6 is 11.8 Å². The molecular weight excluding hydrogens is 174 g/mol. The van der Waals surface area contributed by atoms with Crippen molar-refractivity contribution >= 4 is 17.5 Å². The van der Waals surface area contributed by atoms with E-state index in [1.54, 1.807) is 11.8 Å². The molecule has 1 aliphatic rings. The van der Waals surface area contributed by atoms with E-state index >= 15 is 0 Å². The zero-order chi connectivity index (χ0) is 9.19. The maximum Gasteiger partial charge on any atom is 0.159 e. The zero-order valence-electron chi connectivity index (χ0n) is 7.46. The summed E-state index contributed by atoms with van der Waals surface area (Å²) in [4.78, 5) is 11.2. The van der Waals surface area contributed by atoms with Crippen molar-refractivity contribution in [3.63, 3.8) is 0 Å². The monoisotopic (exact) mass is 189 g/mol. The van der Waals surface area contributed by atoms with Crippen molar-refractivity contribution in [1.82, 2.24) is 5.32 Å². The molecule has 0 aromatic heterocycles. The summed E-state index contributed by atoms with van der Waals surface area (Å²) in [6.45, 7) is 4.17. The Morgan fingerprint density at radius 3 is 3.00 bits per heavy atom. The van der Waals surface area contributed by atoms with Gasteiger partial charge in [0.1, 0.15) is 0 Å². The first-order valence-electron chi connectivity index (χ1n) is 4.10. The maximum absolute atomic E-state index is 11.3. The topological polar surface area (TPSA) is 49.3 Å². The summed E-state index contributed by atoms with van der Waals surface area (Å²) in [5.74, 6) is 0.762. The van der Waals surface area contributed by atoms with E-state index in [-0.39, 0.29) is 23.3 Å². The SMILES string of the molecule is CC1(C)N[C@@H](CCO)C(=O)CS1. The lowest BCUT2D eigenvalue weighted by atomic mass is 10.1. The minimum atomic E-state index is -0.147. The highest BCUT2D eigenvalue weighted by atomic mass is 32.2. The summed E-state index contributed by atoms with van der Waals surface area (Å²) in [6.07, 6.45) is 0.531. The first-order valence-corrected chi connectivity index (χ1v) is 5.09. The molecule has 0 amide bonds. The van der Waals surface area contributed by atoms with Gasteiger partial charge in [-0.3, -0.25) is 10.1 Å². The highest BCUT2D eigenvalue weighted by molar-refractivity contribution is 8.01. The van der Waals surface area contributed by atoms with Crippen molar-refractivity contribution in [3.8, 4) is 0 Å². The third kappa shape index (κ3) is 2.47. The van der Waals surface area contributed by atoms with Crippen molar-refractivity contribution in [2.24, 2.45) is 0 Å². The van der Waals surface area contributed by atoms with Crippen LogP contribution in [0.1, 0.15) is 20.3 Å². The van der Waals surface area contributed by atoms with E-state index < -0.39 is 0 Å². The summed E-state index contributed by atoms with van der Waals surface area (Å²) in [6, 6.07) is -0.147. The Morgan fingerprint density at radius 1 is 1.75 bits per heavy atom. The number of ketones is 1. The van der Waals surface area contributed by atoms with Crippen LogP contribution in [0.3, 0.4) is 0 Å². The Balaban J connectivity index is 2.53. The molecule has 12 heavy (non-hydrogen) atoms. The fourth-order valence-electron chi connectivity index (χ4n) is 1.26. The summed E-state index contributed by atoms with van der Waals surface area (Å²) >= 11 is 1.62. The number of carbonyl (C=O) groups is 1. The number of nitrogens with one attached hydrogen (secondary N) is 1. The Morgan fingerprint density at radius 2 is 2.42 bits per heavy atom. The fraction of sp³-hybridized carbons (Fsp3) is 0.875.